The predicted molar refractivity (Wildman–Crippen MR) is 225 cm³/mol. The van der Waals surface area contributed by atoms with E-state index in [2.05, 4.69) is 20.0 Å². The fraction of sp³-hybridized carbons (Fsp3) is 0.478. The van der Waals surface area contributed by atoms with Crippen LogP contribution in [0, 0.1) is 11.6 Å². The zero-order chi connectivity index (χ0) is 42.7. The van der Waals surface area contributed by atoms with E-state index in [1.165, 1.54) is 30.3 Å². The third-order valence-corrected chi connectivity index (χ3v) is 13.1. The number of hydrogen-bond donors (Lipinski definition) is 1. The highest BCUT2D eigenvalue weighted by Gasteiger charge is 2.43. The van der Waals surface area contributed by atoms with E-state index < -0.39 is 12.3 Å². The molecule has 4 aliphatic rings. The van der Waals surface area contributed by atoms with Crippen LogP contribution in [-0.4, -0.2) is 105 Å². The lowest BCUT2D eigenvalue weighted by Gasteiger charge is -2.39. The number of rotatable bonds is 14. The van der Waals surface area contributed by atoms with Crippen LogP contribution in [0.3, 0.4) is 0 Å². The molecule has 4 aliphatic heterocycles. The molecule has 0 amide bonds. The lowest BCUT2D eigenvalue weighted by atomic mass is 9.99. The quantitative estimate of drug-likeness (QED) is 0.154. The zero-order valence-corrected chi connectivity index (χ0v) is 34.5. The van der Waals surface area contributed by atoms with Gasteiger partial charge in [0.15, 0.2) is 11.3 Å². The Morgan fingerprint density at radius 3 is 1.45 bits per heavy atom. The normalized spacial score (nSPS) is 24.6. The highest BCUT2D eigenvalue weighted by molar-refractivity contribution is 5.36. The van der Waals surface area contributed by atoms with Gasteiger partial charge in [0.25, 0.3) is 0 Å². The average molecular weight is 855 g/mol. The van der Waals surface area contributed by atoms with Crippen LogP contribution >= 0.6 is 0 Å². The molecule has 0 saturated carbocycles. The first-order chi connectivity index (χ1) is 30.2. The summed E-state index contributed by atoms with van der Waals surface area (Å²) >= 11 is 0. The summed E-state index contributed by atoms with van der Waals surface area (Å²) in [5, 5.41) is 19.2. The average Bonchev–Trinajstić information content (AvgIpc) is 3.90. The van der Waals surface area contributed by atoms with E-state index in [1.54, 1.807) is 67.0 Å². The maximum absolute atomic E-state index is 14.9. The van der Waals surface area contributed by atoms with Crippen LogP contribution in [0.15, 0.2) is 107 Å². The molecule has 6 unspecified atom stereocenters. The third-order valence-electron chi connectivity index (χ3n) is 13.1. The predicted octanol–water partition coefficient (Wildman–Crippen LogP) is 5.39. The number of hydrogen-bond acceptors (Lipinski definition) is 9. The number of pyridine rings is 2. The van der Waals surface area contributed by atoms with Crippen molar-refractivity contribution in [3.05, 3.63) is 141 Å². The van der Waals surface area contributed by atoms with Crippen LogP contribution in [0.2, 0.25) is 0 Å². The molecule has 2 aromatic carbocycles. The van der Waals surface area contributed by atoms with E-state index in [-0.39, 0.29) is 80.2 Å². The summed E-state index contributed by atoms with van der Waals surface area (Å²) in [4.78, 5) is 29.4. The zero-order valence-electron chi connectivity index (χ0n) is 34.5. The van der Waals surface area contributed by atoms with Crippen molar-refractivity contribution in [3.63, 3.8) is 0 Å². The topological polar surface area (TPSA) is 124 Å². The highest BCUT2D eigenvalue weighted by Crippen LogP contribution is 2.38. The van der Waals surface area contributed by atoms with Gasteiger partial charge in [-0.3, -0.25) is 18.6 Å². The van der Waals surface area contributed by atoms with Crippen molar-refractivity contribution in [2.24, 2.45) is 0 Å². The first kappa shape index (κ1) is 42.2. The van der Waals surface area contributed by atoms with Crippen LogP contribution in [-0.2, 0) is 35.8 Å². The number of aliphatic hydroxyl groups excluding tert-OH is 1. The van der Waals surface area contributed by atoms with E-state index in [0.29, 0.717) is 41.0 Å². The Labute approximate surface area is 356 Å². The summed E-state index contributed by atoms with van der Waals surface area (Å²) in [6, 6.07) is 25.3. The molecule has 328 valence electrons. The number of aromatic nitrogens is 6. The standard InChI is InChI=1S/C23H26F2N4O2.C23H27FN4O3/c24-17(14-29-23(30)27-10-4-3-7-22(27)26-29)13-28-18-8-9-19(28)12-20(11-18)31-15-16-5-1-2-6-21(16)25;24-21-6-2-1-5-16(21)15-31-20-11-17-8-9-18(12-20)27(17)13-19(29)14-28-23(30)26-10-4-3-7-22(26)25-28/h1-7,10,17-20H,8-9,11-15H2;1-7,10,17-20,29H,8-9,11-15H2. The number of benzene rings is 2. The minimum absolute atomic E-state index is 0.0519. The van der Waals surface area contributed by atoms with E-state index in [4.69, 9.17) is 9.47 Å². The van der Waals surface area contributed by atoms with Crippen LogP contribution in [0.25, 0.3) is 11.3 Å². The molecule has 8 heterocycles. The van der Waals surface area contributed by atoms with Gasteiger partial charge in [0.2, 0.25) is 0 Å². The lowest BCUT2D eigenvalue weighted by Crippen LogP contribution is -2.49. The van der Waals surface area contributed by atoms with Crippen molar-refractivity contribution in [1.82, 2.24) is 38.2 Å². The number of alkyl halides is 1. The van der Waals surface area contributed by atoms with Gasteiger partial charge in [-0.1, -0.05) is 48.5 Å². The van der Waals surface area contributed by atoms with Gasteiger partial charge in [-0.15, -0.1) is 10.2 Å². The van der Waals surface area contributed by atoms with E-state index >= 15 is 0 Å². The Bertz CT molecular complexity index is 2380. The fourth-order valence-corrected chi connectivity index (χ4v) is 10.1. The molecule has 4 fully saturated rings. The second-order valence-corrected chi connectivity index (χ2v) is 17.2. The molecule has 10 rings (SSSR count). The van der Waals surface area contributed by atoms with Crippen LogP contribution < -0.4 is 11.4 Å². The van der Waals surface area contributed by atoms with Crippen molar-refractivity contribution >= 4 is 11.3 Å². The van der Waals surface area contributed by atoms with Gasteiger partial charge < -0.3 is 14.6 Å². The number of piperidine rings is 2. The summed E-state index contributed by atoms with van der Waals surface area (Å²) in [5.74, 6) is -0.474. The Morgan fingerprint density at radius 1 is 0.581 bits per heavy atom. The SMILES string of the molecule is O=c1n(CC(F)CN2C3CCC2CC(OCc2ccccc2F)C3)nc2ccccn12.O=c1n(CC(O)CN2C3CCC2CC(OCc2ccccc2F)C3)nc2ccccn12. The monoisotopic (exact) mass is 854 g/mol. The maximum Gasteiger partial charge on any atom is 0.350 e. The summed E-state index contributed by atoms with van der Waals surface area (Å²) in [6.45, 7) is 1.47. The van der Waals surface area contributed by atoms with E-state index in [9.17, 15) is 27.9 Å². The molecular weight excluding hydrogens is 802 g/mol. The number of ether oxygens (including phenoxy) is 2. The summed E-state index contributed by atoms with van der Waals surface area (Å²) in [6.07, 6.45) is 9.23. The van der Waals surface area contributed by atoms with Gasteiger partial charge in [-0.25, -0.2) is 32.1 Å². The molecule has 4 saturated heterocycles. The van der Waals surface area contributed by atoms with Gasteiger partial charge in [-0.05, 0) is 87.8 Å². The van der Waals surface area contributed by atoms with Gasteiger partial charge >= 0.3 is 11.4 Å². The molecule has 0 radical (unpaired) electrons. The van der Waals surface area contributed by atoms with Gasteiger partial charge in [-0.2, -0.15) is 0 Å². The van der Waals surface area contributed by atoms with Crippen molar-refractivity contribution in [2.45, 2.75) is 126 Å². The van der Waals surface area contributed by atoms with Gasteiger partial charge in [0.05, 0.1) is 44.6 Å². The number of aliphatic hydroxyl groups is 1. The second-order valence-electron chi connectivity index (χ2n) is 17.2. The highest BCUT2D eigenvalue weighted by atomic mass is 19.1. The lowest BCUT2D eigenvalue weighted by molar-refractivity contribution is -0.0408. The molecule has 13 nitrogen and oxygen atoms in total. The van der Waals surface area contributed by atoms with Gasteiger partial charge in [0.1, 0.15) is 17.8 Å². The minimum Gasteiger partial charge on any atom is -0.390 e. The van der Waals surface area contributed by atoms with Crippen LogP contribution in [0.5, 0.6) is 0 Å². The molecule has 0 aliphatic carbocycles. The molecule has 6 aromatic rings. The molecule has 6 atom stereocenters. The maximum atomic E-state index is 14.9. The first-order valence-corrected chi connectivity index (χ1v) is 21.8. The Balaban J connectivity index is 0.000000158. The number of nitrogens with zero attached hydrogens (tertiary/aromatic N) is 8. The largest absolute Gasteiger partial charge is 0.390 e. The molecule has 62 heavy (non-hydrogen) atoms. The summed E-state index contributed by atoms with van der Waals surface area (Å²) < 4.78 is 60.1. The Kier molecular flexibility index (Phi) is 12.7. The van der Waals surface area contributed by atoms with Crippen molar-refractivity contribution in [1.29, 1.82) is 0 Å². The first-order valence-electron chi connectivity index (χ1n) is 21.8. The molecule has 0 spiro atoms. The van der Waals surface area contributed by atoms with E-state index in [1.807, 2.05) is 18.2 Å². The van der Waals surface area contributed by atoms with Crippen LogP contribution in [0.1, 0.15) is 62.5 Å². The minimum atomic E-state index is -1.18. The molecule has 1 N–H and O–H groups in total. The van der Waals surface area contributed by atoms with Crippen molar-refractivity contribution < 1.29 is 27.8 Å². The number of halogens is 3. The third kappa shape index (κ3) is 9.30. The molecule has 4 bridgehead atoms. The summed E-state index contributed by atoms with van der Waals surface area (Å²) in [7, 11) is 0. The van der Waals surface area contributed by atoms with E-state index in [0.717, 1.165) is 51.4 Å². The van der Waals surface area contributed by atoms with Crippen LogP contribution in [0.4, 0.5) is 13.2 Å². The molecule has 16 heteroatoms. The molecular formula is C46H53F3N8O5. The smallest absolute Gasteiger partial charge is 0.350 e. The fourth-order valence-electron chi connectivity index (χ4n) is 10.1. The Hall–Kier alpha value is -5.13. The number of fused-ring (bicyclic) bond motifs is 6. The Morgan fingerprint density at radius 2 is 1.00 bits per heavy atom. The summed E-state index contributed by atoms with van der Waals surface area (Å²) in [5.41, 5.74) is 1.70. The second kappa shape index (κ2) is 18.7. The van der Waals surface area contributed by atoms with Crippen molar-refractivity contribution in [3.8, 4) is 0 Å². The van der Waals surface area contributed by atoms with Gasteiger partial charge in [0, 0.05) is 60.8 Å². The molecule has 4 aromatic heterocycles. The van der Waals surface area contributed by atoms with Crippen molar-refractivity contribution in [2.75, 3.05) is 13.1 Å².